The standard InChI is InChI=1S/C20H22ClN3O/c1-14(2)24(10-11-25-19-9-8-16(21)12-15(19)3)20-17-6-4-5-7-18(17)22-13-23-20/h4-9,12-14H,10-11H2,1-3H3. The third kappa shape index (κ3) is 4.02. The number of anilines is 1. The molecule has 0 atom stereocenters. The first kappa shape index (κ1) is 17.5. The summed E-state index contributed by atoms with van der Waals surface area (Å²) in [4.78, 5) is 11.1. The molecule has 0 spiro atoms. The normalized spacial score (nSPS) is 11.1. The molecule has 0 radical (unpaired) electrons. The van der Waals surface area contributed by atoms with Crippen LogP contribution in [0.2, 0.25) is 5.02 Å². The van der Waals surface area contributed by atoms with E-state index in [1.54, 1.807) is 6.33 Å². The van der Waals surface area contributed by atoms with Gasteiger partial charge in [-0.1, -0.05) is 23.7 Å². The van der Waals surface area contributed by atoms with Gasteiger partial charge in [-0.25, -0.2) is 9.97 Å². The number of halogens is 1. The van der Waals surface area contributed by atoms with Gasteiger partial charge in [0.2, 0.25) is 0 Å². The van der Waals surface area contributed by atoms with Crippen molar-refractivity contribution in [1.29, 1.82) is 0 Å². The smallest absolute Gasteiger partial charge is 0.140 e. The highest BCUT2D eigenvalue weighted by atomic mass is 35.5. The SMILES string of the molecule is Cc1cc(Cl)ccc1OCCN(c1ncnc2ccccc12)C(C)C. The average Bonchev–Trinajstić information content (AvgIpc) is 2.60. The highest BCUT2D eigenvalue weighted by Gasteiger charge is 2.15. The first-order valence-electron chi connectivity index (χ1n) is 8.41. The first-order chi connectivity index (χ1) is 12.1. The Hall–Kier alpha value is -2.33. The summed E-state index contributed by atoms with van der Waals surface area (Å²) in [6.45, 7) is 7.62. The third-order valence-electron chi connectivity index (χ3n) is 4.14. The summed E-state index contributed by atoms with van der Waals surface area (Å²) in [7, 11) is 0. The van der Waals surface area contributed by atoms with Crippen molar-refractivity contribution in [2.75, 3.05) is 18.1 Å². The molecule has 0 aliphatic rings. The molecule has 0 aliphatic heterocycles. The minimum atomic E-state index is 0.299. The van der Waals surface area contributed by atoms with E-state index < -0.39 is 0 Å². The Morgan fingerprint density at radius 2 is 1.92 bits per heavy atom. The molecule has 0 bridgehead atoms. The van der Waals surface area contributed by atoms with Crippen LogP contribution in [0.4, 0.5) is 5.82 Å². The molecule has 0 amide bonds. The van der Waals surface area contributed by atoms with Gasteiger partial charge >= 0.3 is 0 Å². The van der Waals surface area contributed by atoms with Crippen molar-refractivity contribution < 1.29 is 4.74 Å². The Morgan fingerprint density at radius 1 is 1.12 bits per heavy atom. The van der Waals surface area contributed by atoms with Gasteiger partial charge in [0, 0.05) is 16.5 Å². The van der Waals surface area contributed by atoms with E-state index in [4.69, 9.17) is 16.3 Å². The van der Waals surface area contributed by atoms with E-state index in [9.17, 15) is 0 Å². The Morgan fingerprint density at radius 3 is 2.68 bits per heavy atom. The van der Waals surface area contributed by atoms with Crippen LogP contribution in [0.15, 0.2) is 48.8 Å². The molecule has 1 aromatic heterocycles. The quantitative estimate of drug-likeness (QED) is 0.631. The minimum Gasteiger partial charge on any atom is -0.491 e. The summed E-state index contributed by atoms with van der Waals surface area (Å²) in [5.74, 6) is 1.80. The molecule has 130 valence electrons. The van der Waals surface area contributed by atoms with Gasteiger partial charge in [0.1, 0.15) is 24.5 Å². The second kappa shape index (κ2) is 7.70. The number of nitrogens with zero attached hydrogens (tertiary/aromatic N) is 3. The third-order valence-corrected chi connectivity index (χ3v) is 4.38. The minimum absolute atomic E-state index is 0.299. The van der Waals surface area contributed by atoms with Crippen LogP contribution in [0, 0.1) is 6.92 Å². The number of rotatable bonds is 6. The van der Waals surface area contributed by atoms with Gasteiger partial charge in [-0.15, -0.1) is 0 Å². The van der Waals surface area contributed by atoms with Gasteiger partial charge in [0.15, 0.2) is 0 Å². The number of aryl methyl sites for hydroxylation is 1. The molecule has 3 aromatic rings. The van der Waals surface area contributed by atoms with Crippen molar-refractivity contribution in [2.45, 2.75) is 26.8 Å². The summed E-state index contributed by atoms with van der Waals surface area (Å²) in [5.41, 5.74) is 1.99. The second-order valence-electron chi connectivity index (χ2n) is 6.26. The van der Waals surface area contributed by atoms with Crippen molar-refractivity contribution in [2.24, 2.45) is 0 Å². The highest BCUT2D eigenvalue weighted by Crippen LogP contribution is 2.25. The molecular weight excluding hydrogens is 334 g/mol. The average molecular weight is 356 g/mol. The van der Waals surface area contributed by atoms with Gasteiger partial charge in [-0.2, -0.15) is 0 Å². The maximum Gasteiger partial charge on any atom is 0.140 e. The fourth-order valence-electron chi connectivity index (χ4n) is 2.86. The van der Waals surface area contributed by atoms with E-state index in [0.717, 1.165) is 39.6 Å². The molecule has 1 heterocycles. The maximum atomic E-state index is 6.00. The van der Waals surface area contributed by atoms with Crippen LogP contribution in [-0.4, -0.2) is 29.2 Å². The Balaban J connectivity index is 1.77. The van der Waals surface area contributed by atoms with Crippen LogP contribution in [0.25, 0.3) is 10.9 Å². The zero-order valence-electron chi connectivity index (χ0n) is 14.7. The lowest BCUT2D eigenvalue weighted by Gasteiger charge is -2.28. The van der Waals surface area contributed by atoms with Gasteiger partial charge in [-0.05, 0) is 56.7 Å². The molecule has 0 saturated carbocycles. The fourth-order valence-corrected chi connectivity index (χ4v) is 3.08. The van der Waals surface area contributed by atoms with Crippen LogP contribution >= 0.6 is 11.6 Å². The zero-order chi connectivity index (χ0) is 17.8. The van der Waals surface area contributed by atoms with Crippen molar-refractivity contribution in [3.8, 4) is 5.75 Å². The van der Waals surface area contributed by atoms with Crippen molar-refractivity contribution in [1.82, 2.24) is 9.97 Å². The van der Waals surface area contributed by atoms with Crippen LogP contribution in [-0.2, 0) is 0 Å². The molecule has 0 N–H and O–H groups in total. The number of aromatic nitrogens is 2. The van der Waals surface area contributed by atoms with Gasteiger partial charge in [0.05, 0.1) is 12.1 Å². The lowest BCUT2D eigenvalue weighted by Crippen LogP contribution is -2.35. The van der Waals surface area contributed by atoms with Crippen LogP contribution in [0.3, 0.4) is 0 Å². The largest absolute Gasteiger partial charge is 0.491 e. The van der Waals surface area contributed by atoms with E-state index in [2.05, 4.69) is 34.8 Å². The van der Waals surface area contributed by atoms with Gasteiger partial charge in [-0.3, -0.25) is 0 Å². The number of ether oxygens (including phenoxy) is 1. The summed E-state index contributed by atoms with van der Waals surface area (Å²) < 4.78 is 5.96. The van der Waals surface area contributed by atoms with Crippen LogP contribution in [0.5, 0.6) is 5.75 Å². The summed E-state index contributed by atoms with van der Waals surface area (Å²) in [6, 6.07) is 14.0. The van der Waals surface area contributed by atoms with Crippen molar-refractivity contribution >= 4 is 28.3 Å². The molecule has 4 nitrogen and oxygen atoms in total. The number of fused-ring (bicyclic) bond motifs is 1. The summed E-state index contributed by atoms with van der Waals surface area (Å²) in [5, 5.41) is 1.78. The number of hydrogen-bond acceptors (Lipinski definition) is 4. The van der Waals surface area contributed by atoms with Gasteiger partial charge in [0.25, 0.3) is 0 Å². The summed E-state index contributed by atoms with van der Waals surface area (Å²) >= 11 is 6.00. The predicted octanol–water partition coefficient (Wildman–Crippen LogP) is 4.89. The molecule has 5 heteroatoms. The molecule has 25 heavy (non-hydrogen) atoms. The van der Waals surface area contributed by atoms with E-state index in [-0.39, 0.29) is 0 Å². The molecule has 0 unspecified atom stereocenters. The Kier molecular flexibility index (Phi) is 5.39. The van der Waals surface area contributed by atoms with E-state index >= 15 is 0 Å². The molecule has 2 aromatic carbocycles. The molecular formula is C20H22ClN3O. The molecule has 0 saturated heterocycles. The van der Waals surface area contributed by atoms with Gasteiger partial charge < -0.3 is 9.64 Å². The van der Waals surface area contributed by atoms with E-state index in [0.29, 0.717) is 12.6 Å². The maximum absolute atomic E-state index is 6.00. The predicted molar refractivity (Wildman–Crippen MR) is 104 cm³/mol. The fraction of sp³-hybridized carbons (Fsp3) is 0.300. The monoisotopic (exact) mass is 355 g/mol. The lowest BCUT2D eigenvalue weighted by atomic mass is 10.2. The van der Waals surface area contributed by atoms with E-state index in [1.165, 1.54) is 0 Å². The number of para-hydroxylation sites is 1. The molecule has 3 rings (SSSR count). The lowest BCUT2D eigenvalue weighted by molar-refractivity contribution is 0.318. The molecule has 0 aliphatic carbocycles. The van der Waals surface area contributed by atoms with E-state index in [1.807, 2.05) is 43.3 Å². The molecule has 0 fully saturated rings. The Labute approximate surface area is 153 Å². The van der Waals surface area contributed by atoms with Crippen molar-refractivity contribution in [3.63, 3.8) is 0 Å². The highest BCUT2D eigenvalue weighted by molar-refractivity contribution is 6.30. The second-order valence-corrected chi connectivity index (χ2v) is 6.70. The first-order valence-corrected chi connectivity index (χ1v) is 8.79. The number of benzene rings is 2. The number of hydrogen-bond donors (Lipinski definition) is 0. The van der Waals surface area contributed by atoms with Crippen molar-refractivity contribution in [3.05, 3.63) is 59.4 Å². The van der Waals surface area contributed by atoms with Crippen LogP contribution < -0.4 is 9.64 Å². The topological polar surface area (TPSA) is 38.2 Å². The van der Waals surface area contributed by atoms with Crippen LogP contribution in [0.1, 0.15) is 19.4 Å². The summed E-state index contributed by atoms with van der Waals surface area (Å²) in [6.07, 6.45) is 1.62. The zero-order valence-corrected chi connectivity index (χ0v) is 15.5. The Bertz CT molecular complexity index is 861.